The van der Waals surface area contributed by atoms with Crippen molar-refractivity contribution < 1.29 is 17.9 Å². The first-order valence-corrected chi connectivity index (χ1v) is 17.4. The number of benzene rings is 1. The van der Waals surface area contributed by atoms with Crippen molar-refractivity contribution in [3.05, 3.63) is 50.0 Å². The van der Waals surface area contributed by atoms with Crippen LogP contribution in [0.25, 0.3) is 5.69 Å². The number of aromatic nitrogens is 1. The summed E-state index contributed by atoms with van der Waals surface area (Å²) in [5.74, 6) is 0.202. The Balaban J connectivity index is 1.92. The quantitative estimate of drug-likeness (QED) is 0.0629. The molecule has 0 saturated carbocycles. The molecular formula is C31H50ClN3O6S. The molecule has 0 bridgehead atoms. The molecule has 9 nitrogen and oxygen atoms in total. The highest BCUT2D eigenvalue weighted by Gasteiger charge is 2.31. The van der Waals surface area contributed by atoms with Gasteiger partial charge in [0.2, 0.25) is 10.0 Å². The fraction of sp³-hybridized carbons (Fsp3) is 0.710. The Kier molecular flexibility index (Phi) is 14.8. The van der Waals surface area contributed by atoms with Crippen LogP contribution in [0.4, 0.5) is 5.69 Å². The zero-order chi connectivity index (χ0) is 31.3. The van der Waals surface area contributed by atoms with Crippen LogP contribution in [-0.2, 0) is 21.3 Å². The van der Waals surface area contributed by atoms with Gasteiger partial charge in [0.15, 0.2) is 5.69 Å². The van der Waals surface area contributed by atoms with Crippen molar-refractivity contribution in [2.45, 2.75) is 134 Å². The smallest absolute Gasteiger partial charge is 0.297 e. The molecule has 0 spiro atoms. The highest BCUT2D eigenvalue weighted by atomic mass is 35.5. The number of alkyl halides is 1. The summed E-state index contributed by atoms with van der Waals surface area (Å²) in [4.78, 5) is 24.0. The summed E-state index contributed by atoms with van der Waals surface area (Å²) >= 11 is 5.99. The monoisotopic (exact) mass is 627 g/mol. The lowest BCUT2D eigenvalue weighted by atomic mass is 9.91. The summed E-state index contributed by atoms with van der Waals surface area (Å²) in [5, 5.41) is 11.9. The van der Waals surface area contributed by atoms with Crippen LogP contribution in [0, 0.1) is 10.1 Å². The number of hydrogen-bond acceptors (Lipinski definition) is 6. The maximum atomic E-state index is 13.2. The average molecular weight is 628 g/mol. The van der Waals surface area contributed by atoms with Crippen molar-refractivity contribution in [3.63, 3.8) is 0 Å². The molecule has 2 aromatic rings. The standard InChI is InChI=1S/C31H50ClN3O6S/c1-6-7-8-9-10-11-12-13-14-15-16-17-18-19-22-33(5)42(39,40)25-20-21-27(28(23-25)35(37)38)34-30(36)26(24-32)29(41-34)31(2,3)4/h20-21,23H,6-19,22,24H2,1-5H3. The maximum absolute atomic E-state index is 13.2. The SMILES string of the molecule is CCCCCCCCCCCCCCCCN(C)S(=O)(=O)c1ccc(-n2oc(C(C)(C)C)c(CCl)c2=O)c([N+](=O)[O-])c1. The van der Waals surface area contributed by atoms with Crippen molar-refractivity contribution >= 4 is 27.3 Å². The minimum absolute atomic E-state index is 0.119. The van der Waals surface area contributed by atoms with E-state index in [9.17, 15) is 23.3 Å². The predicted octanol–water partition coefficient (Wildman–Crippen LogP) is 8.48. The van der Waals surface area contributed by atoms with E-state index in [-0.39, 0.29) is 22.0 Å². The summed E-state index contributed by atoms with van der Waals surface area (Å²) < 4.78 is 34.2. The first kappa shape index (κ1) is 36.0. The van der Waals surface area contributed by atoms with Crippen LogP contribution < -0.4 is 5.56 Å². The van der Waals surface area contributed by atoms with Gasteiger partial charge in [-0.25, -0.2) is 12.7 Å². The van der Waals surface area contributed by atoms with Gasteiger partial charge in [-0.3, -0.25) is 14.9 Å². The molecule has 0 aliphatic heterocycles. The molecule has 11 heteroatoms. The Morgan fingerprint density at radius 2 is 1.43 bits per heavy atom. The summed E-state index contributed by atoms with van der Waals surface area (Å²) in [5.41, 5.74) is -1.66. The fourth-order valence-corrected chi connectivity index (χ4v) is 6.55. The molecular weight excluding hydrogens is 578 g/mol. The number of nitrogens with zero attached hydrogens (tertiary/aromatic N) is 3. The van der Waals surface area contributed by atoms with Gasteiger partial charge in [0.05, 0.1) is 21.3 Å². The Hall–Kier alpha value is -2.17. The first-order chi connectivity index (χ1) is 19.9. The van der Waals surface area contributed by atoms with Crippen LogP contribution >= 0.6 is 11.6 Å². The molecule has 238 valence electrons. The number of unbranched alkanes of at least 4 members (excludes halogenated alkanes) is 13. The summed E-state index contributed by atoms with van der Waals surface area (Å²) in [6, 6.07) is 3.49. The normalized spacial score (nSPS) is 12.4. The van der Waals surface area contributed by atoms with Crippen LogP contribution in [0.2, 0.25) is 0 Å². The van der Waals surface area contributed by atoms with E-state index in [1.54, 1.807) is 0 Å². The van der Waals surface area contributed by atoms with Crippen molar-refractivity contribution in [2.24, 2.45) is 0 Å². The van der Waals surface area contributed by atoms with E-state index in [1.165, 1.54) is 87.7 Å². The zero-order valence-electron chi connectivity index (χ0n) is 26.1. The van der Waals surface area contributed by atoms with E-state index in [0.717, 1.165) is 30.1 Å². The van der Waals surface area contributed by atoms with Crippen LogP contribution in [0.3, 0.4) is 0 Å². The topological polar surface area (TPSA) is 116 Å². The lowest BCUT2D eigenvalue weighted by molar-refractivity contribution is -0.385. The summed E-state index contributed by atoms with van der Waals surface area (Å²) in [7, 11) is -2.48. The van der Waals surface area contributed by atoms with Gasteiger partial charge >= 0.3 is 0 Å². The Morgan fingerprint density at radius 1 is 0.929 bits per heavy atom. The third-order valence-corrected chi connectivity index (χ3v) is 9.73. The first-order valence-electron chi connectivity index (χ1n) is 15.4. The van der Waals surface area contributed by atoms with E-state index >= 15 is 0 Å². The fourth-order valence-electron chi connectivity index (χ4n) is 5.08. The number of hydrogen-bond donors (Lipinski definition) is 0. The van der Waals surface area contributed by atoms with Crippen molar-refractivity contribution in [1.82, 2.24) is 9.05 Å². The number of halogens is 1. The third kappa shape index (κ3) is 10.2. The van der Waals surface area contributed by atoms with E-state index in [4.69, 9.17) is 16.1 Å². The van der Waals surface area contributed by atoms with Crippen LogP contribution in [0.5, 0.6) is 0 Å². The lowest BCUT2D eigenvalue weighted by Gasteiger charge is -2.17. The molecule has 1 aromatic carbocycles. The summed E-state index contributed by atoms with van der Waals surface area (Å²) in [6.07, 6.45) is 17.0. The van der Waals surface area contributed by atoms with Crippen molar-refractivity contribution in [2.75, 3.05) is 13.6 Å². The highest BCUT2D eigenvalue weighted by molar-refractivity contribution is 7.89. The molecule has 2 rings (SSSR count). The molecule has 42 heavy (non-hydrogen) atoms. The minimum atomic E-state index is -3.96. The Labute approximate surface area is 256 Å². The molecule has 0 aliphatic carbocycles. The molecule has 1 aromatic heterocycles. The van der Waals surface area contributed by atoms with Gasteiger partial charge in [-0.2, -0.15) is 0 Å². The largest absolute Gasteiger partial charge is 0.375 e. The van der Waals surface area contributed by atoms with E-state index < -0.39 is 31.6 Å². The van der Waals surface area contributed by atoms with E-state index in [0.29, 0.717) is 18.7 Å². The van der Waals surface area contributed by atoms with Gasteiger partial charge < -0.3 is 4.52 Å². The number of nitro groups is 1. The van der Waals surface area contributed by atoms with Crippen LogP contribution in [0.1, 0.15) is 129 Å². The highest BCUT2D eigenvalue weighted by Crippen LogP contribution is 2.31. The Bertz CT molecular complexity index is 1300. The molecule has 0 atom stereocenters. The van der Waals surface area contributed by atoms with Gasteiger partial charge in [0.1, 0.15) is 5.76 Å². The molecule has 0 radical (unpaired) electrons. The second kappa shape index (κ2) is 17.2. The van der Waals surface area contributed by atoms with Gasteiger partial charge in [0, 0.05) is 25.1 Å². The second-order valence-electron chi connectivity index (χ2n) is 12.2. The van der Waals surface area contributed by atoms with Crippen molar-refractivity contribution in [3.8, 4) is 5.69 Å². The number of nitro benzene ring substituents is 1. The molecule has 0 amide bonds. The van der Waals surface area contributed by atoms with Gasteiger partial charge in [0.25, 0.3) is 11.2 Å². The number of rotatable bonds is 20. The van der Waals surface area contributed by atoms with Crippen LogP contribution in [-0.4, -0.2) is 36.0 Å². The Morgan fingerprint density at radius 3 is 1.86 bits per heavy atom. The molecule has 0 aliphatic rings. The van der Waals surface area contributed by atoms with Gasteiger partial charge in [-0.1, -0.05) is 111 Å². The van der Waals surface area contributed by atoms with E-state index in [1.807, 2.05) is 20.8 Å². The van der Waals surface area contributed by atoms with Gasteiger partial charge in [-0.15, -0.1) is 16.3 Å². The molecule has 0 saturated heterocycles. The molecule has 1 heterocycles. The minimum Gasteiger partial charge on any atom is -0.375 e. The second-order valence-corrected chi connectivity index (χ2v) is 14.5. The van der Waals surface area contributed by atoms with Crippen LogP contribution in [0.15, 0.2) is 32.4 Å². The summed E-state index contributed by atoms with van der Waals surface area (Å²) in [6.45, 7) is 8.07. The molecule has 0 fully saturated rings. The number of sulfonamides is 1. The average Bonchev–Trinajstić information content (AvgIpc) is 3.29. The van der Waals surface area contributed by atoms with Gasteiger partial charge in [-0.05, 0) is 18.6 Å². The van der Waals surface area contributed by atoms with Crippen molar-refractivity contribution in [1.29, 1.82) is 0 Å². The predicted molar refractivity (Wildman–Crippen MR) is 169 cm³/mol. The van der Waals surface area contributed by atoms with E-state index in [2.05, 4.69) is 6.92 Å². The third-order valence-electron chi connectivity index (χ3n) is 7.61. The molecule has 0 unspecified atom stereocenters. The molecule has 0 N–H and O–H groups in total. The zero-order valence-corrected chi connectivity index (χ0v) is 27.7. The maximum Gasteiger partial charge on any atom is 0.297 e. The lowest BCUT2D eigenvalue weighted by Crippen LogP contribution is -2.28.